The van der Waals surface area contributed by atoms with E-state index in [1.54, 1.807) is 15.8 Å². The van der Waals surface area contributed by atoms with Crippen LogP contribution in [0.3, 0.4) is 0 Å². The van der Waals surface area contributed by atoms with Gasteiger partial charge in [-0.25, -0.2) is 4.39 Å². The minimum absolute atomic E-state index is 0.0408. The minimum atomic E-state index is -0.695. The molecule has 1 fully saturated rings. The number of carbonyl (C=O) groups is 1. The summed E-state index contributed by atoms with van der Waals surface area (Å²) >= 11 is 6.85. The van der Waals surface area contributed by atoms with Crippen LogP contribution >= 0.6 is 22.9 Å². The van der Waals surface area contributed by atoms with E-state index >= 15 is 0 Å². The van der Waals surface area contributed by atoms with Crippen LogP contribution in [0, 0.1) is 5.82 Å². The van der Waals surface area contributed by atoms with E-state index in [0.717, 1.165) is 30.6 Å². The zero-order chi connectivity index (χ0) is 23.3. The van der Waals surface area contributed by atoms with Gasteiger partial charge in [0, 0.05) is 31.9 Å². The van der Waals surface area contributed by atoms with Gasteiger partial charge in [-0.3, -0.25) is 24.3 Å². The molecule has 0 bridgehead atoms. The Morgan fingerprint density at radius 3 is 2.88 bits per heavy atom. The molecule has 172 valence electrons. The maximum Gasteiger partial charge on any atom is 0.278 e. The average Bonchev–Trinajstić information content (AvgIpc) is 3.26. The van der Waals surface area contributed by atoms with Gasteiger partial charge in [0.15, 0.2) is 16.5 Å². The molecule has 5 rings (SSSR count). The molecule has 3 aromatic heterocycles. The third-order valence-electron chi connectivity index (χ3n) is 5.95. The Hall–Kier alpha value is -3.05. The third-order valence-corrected chi connectivity index (χ3v) is 7.11. The summed E-state index contributed by atoms with van der Waals surface area (Å²) < 4.78 is 15.7. The molecular weight excluding hydrogens is 471 g/mol. The Labute approximate surface area is 197 Å². The van der Waals surface area contributed by atoms with Crippen molar-refractivity contribution in [3.8, 4) is 16.3 Å². The van der Waals surface area contributed by atoms with E-state index < -0.39 is 17.0 Å². The first-order valence-electron chi connectivity index (χ1n) is 10.6. The minimum Gasteiger partial charge on any atom is -0.502 e. The van der Waals surface area contributed by atoms with Gasteiger partial charge < -0.3 is 10.0 Å². The Balaban J connectivity index is 1.55. The number of amides is 1. The smallest absolute Gasteiger partial charge is 0.278 e. The number of pyridine rings is 2. The molecule has 2 aliphatic heterocycles. The van der Waals surface area contributed by atoms with Crippen molar-refractivity contribution >= 4 is 28.8 Å². The number of aromatic nitrogens is 4. The molecule has 1 atom stereocenters. The van der Waals surface area contributed by atoms with Crippen LogP contribution in [0.4, 0.5) is 4.39 Å². The summed E-state index contributed by atoms with van der Waals surface area (Å²) in [5, 5.41) is 21.8. The zero-order valence-corrected chi connectivity index (χ0v) is 19.2. The predicted octanol–water partition coefficient (Wildman–Crippen LogP) is 2.77. The van der Waals surface area contributed by atoms with Crippen LogP contribution in [-0.4, -0.2) is 55.0 Å². The third kappa shape index (κ3) is 3.65. The Bertz CT molecular complexity index is 1310. The second-order valence-electron chi connectivity index (χ2n) is 7.90. The molecule has 9 nitrogen and oxygen atoms in total. The van der Waals surface area contributed by atoms with E-state index in [1.807, 2.05) is 11.9 Å². The quantitative estimate of drug-likeness (QED) is 0.599. The van der Waals surface area contributed by atoms with Crippen LogP contribution in [0.5, 0.6) is 5.75 Å². The molecule has 12 heteroatoms. The largest absolute Gasteiger partial charge is 0.502 e. The highest BCUT2D eigenvalue weighted by Crippen LogP contribution is 2.32. The zero-order valence-electron chi connectivity index (χ0n) is 17.7. The number of nitrogens with zero attached hydrogens (tertiary/aromatic N) is 6. The normalized spacial score (nSPS) is 17.8. The number of carbonyl (C=O) groups excluding carboxylic acids is 1. The predicted molar refractivity (Wildman–Crippen MR) is 121 cm³/mol. The summed E-state index contributed by atoms with van der Waals surface area (Å²) in [5.41, 5.74) is -0.444. The SMILES string of the molecule is CCN1C(=O)c2c(O)c(=O)c(-c3nnc(Cc4ncc(Cl)cc4F)s3)cn2N2CCCC[C@@H]12. The van der Waals surface area contributed by atoms with Crippen LogP contribution in [0.25, 0.3) is 10.6 Å². The second-order valence-corrected chi connectivity index (χ2v) is 9.40. The fourth-order valence-electron chi connectivity index (χ4n) is 4.39. The Kier molecular flexibility index (Phi) is 5.53. The highest BCUT2D eigenvalue weighted by molar-refractivity contribution is 7.14. The van der Waals surface area contributed by atoms with Crippen LogP contribution in [0.1, 0.15) is 47.4 Å². The Morgan fingerprint density at radius 2 is 2.12 bits per heavy atom. The fourth-order valence-corrected chi connectivity index (χ4v) is 5.38. The molecule has 0 radical (unpaired) electrons. The lowest BCUT2D eigenvalue weighted by Gasteiger charge is -2.48. The van der Waals surface area contributed by atoms with Gasteiger partial charge >= 0.3 is 0 Å². The summed E-state index contributed by atoms with van der Waals surface area (Å²) in [4.78, 5) is 31.8. The van der Waals surface area contributed by atoms with E-state index in [2.05, 4.69) is 15.2 Å². The van der Waals surface area contributed by atoms with Crippen molar-refractivity contribution < 1.29 is 14.3 Å². The summed E-state index contributed by atoms with van der Waals surface area (Å²) in [7, 11) is 0. The average molecular weight is 491 g/mol. The monoisotopic (exact) mass is 490 g/mol. The maximum atomic E-state index is 14.1. The molecule has 0 aliphatic carbocycles. The summed E-state index contributed by atoms with van der Waals surface area (Å²) in [6, 6.07) is 1.17. The maximum absolute atomic E-state index is 14.1. The summed E-state index contributed by atoms with van der Waals surface area (Å²) in [6.45, 7) is 3.04. The topological polar surface area (TPSA) is 104 Å². The van der Waals surface area contributed by atoms with Crippen molar-refractivity contribution in [1.29, 1.82) is 0 Å². The molecule has 1 amide bonds. The molecule has 0 saturated carbocycles. The molecule has 0 unspecified atom stereocenters. The van der Waals surface area contributed by atoms with E-state index in [9.17, 15) is 19.1 Å². The lowest BCUT2D eigenvalue weighted by Crippen LogP contribution is -2.62. The first-order chi connectivity index (χ1) is 15.9. The van der Waals surface area contributed by atoms with Crippen LogP contribution in [0.15, 0.2) is 23.3 Å². The summed E-state index contributed by atoms with van der Waals surface area (Å²) in [5.74, 6) is -1.54. The molecule has 1 N–H and O–H groups in total. The molecule has 0 aromatic carbocycles. The van der Waals surface area contributed by atoms with Crippen molar-refractivity contribution in [2.24, 2.45) is 0 Å². The lowest BCUT2D eigenvalue weighted by molar-refractivity contribution is 0.0536. The van der Waals surface area contributed by atoms with E-state index in [1.165, 1.54) is 12.3 Å². The molecule has 0 spiro atoms. The second kappa shape index (κ2) is 8.38. The van der Waals surface area contributed by atoms with Crippen molar-refractivity contribution in [2.75, 3.05) is 18.1 Å². The number of halogens is 2. The van der Waals surface area contributed by atoms with Crippen molar-refractivity contribution in [3.63, 3.8) is 0 Å². The van der Waals surface area contributed by atoms with Crippen molar-refractivity contribution in [1.82, 2.24) is 24.8 Å². The Morgan fingerprint density at radius 1 is 1.30 bits per heavy atom. The van der Waals surface area contributed by atoms with E-state index in [4.69, 9.17) is 11.6 Å². The molecule has 1 saturated heterocycles. The number of aromatic hydroxyl groups is 1. The fraction of sp³-hybridized carbons (Fsp3) is 0.381. The van der Waals surface area contributed by atoms with Gasteiger partial charge in [-0.2, -0.15) is 0 Å². The number of rotatable bonds is 4. The van der Waals surface area contributed by atoms with Gasteiger partial charge in [0.05, 0.1) is 16.3 Å². The van der Waals surface area contributed by atoms with Crippen LogP contribution in [-0.2, 0) is 6.42 Å². The molecule has 33 heavy (non-hydrogen) atoms. The van der Waals surface area contributed by atoms with Gasteiger partial charge in [0.25, 0.3) is 5.91 Å². The highest BCUT2D eigenvalue weighted by Gasteiger charge is 2.40. The van der Waals surface area contributed by atoms with Crippen LogP contribution < -0.4 is 10.4 Å². The van der Waals surface area contributed by atoms with E-state index in [-0.39, 0.29) is 45.5 Å². The molecular formula is C21H20ClFN6O3S. The lowest BCUT2D eigenvalue weighted by atomic mass is 10.1. The highest BCUT2D eigenvalue weighted by atomic mass is 35.5. The first-order valence-corrected chi connectivity index (χ1v) is 11.8. The molecule has 2 aliphatic rings. The number of piperidine rings is 1. The summed E-state index contributed by atoms with van der Waals surface area (Å²) in [6.07, 6.45) is 5.58. The molecule has 3 aromatic rings. The van der Waals surface area contributed by atoms with Gasteiger partial charge in [0.2, 0.25) is 5.43 Å². The van der Waals surface area contributed by atoms with Crippen molar-refractivity contribution in [3.05, 3.63) is 55.9 Å². The van der Waals surface area contributed by atoms with Crippen LogP contribution in [0.2, 0.25) is 5.02 Å². The van der Waals surface area contributed by atoms with Crippen molar-refractivity contribution in [2.45, 2.75) is 38.8 Å². The first kappa shape index (κ1) is 21.8. The standard InChI is InChI=1S/C21H20ClFN6O3S/c1-2-27-16-5-3-4-6-28(16)29-10-12(18(30)19(31)17(29)21(27)32)20-26-25-15(33-20)8-14-13(23)7-11(22)9-24-14/h7,9-10,16,31H,2-6,8H2,1H3/t16-/m0/s1. The number of hydrogen-bond acceptors (Lipinski definition) is 8. The van der Waals surface area contributed by atoms with Gasteiger partial charge in [-0.1, -0.05) is 22.9 Å². The number of fused-ring (bicyclic) bond motifs is 3. The van der Waals surface area contributed by atoms with Gasteiger partial charge in [0.1, 0.15) is 17.0 Å². The van der Waals surface area contributed by atoms with Gasteiger partial charge in [-0.15, -0.1) is 10.2 Å². The molecule has 5 heterocycles. The van der Waals surface area contributed by atoms with Gasteiger partial charge in [-0.05, 0) is 32.3 Å². The van der Waals surface area contributed by atoms with E-state index in [0.29, 0.717) is 18.1 Å². The number of hydrogen-bond donors (Lipinski definition) is 1.